The summed E-state index contributed by atoms with van der Waals surface area (Å²) in [7, 11) is -3.49. The molecule has 2 saturated heterocycles. The minimum Gasteiger partial charge on any atom is -0.394 e. The number of ether oxygens (including phenoxy) is 1. The number of hydrogen-bond donors (Lipinski definition) is 1. The second-order valence-corrected chi connectivity index (χ2v) is 16.9. The number of carbonyl (C=O) groups excluding carboxylic acids is 3. The van der Waals surface area contributed by atoms with E-state index in [0.717, 1.165) is 24.1 Å². The van der Waals surface area contributed by atoms with Gasteiger partial charge < -0.3 is 23.8 Å². The van der Waals surface area contributed by atoms with E-state index in [1.807, 2.05) is 37.3 Å². The molecule has 9 nitrogen and oxygen atoms in total. The van der Waals surface area contributed by atoms with Gasteiger partial charge in [-0.3, -0.25) is 14.4 Å². The number of aliphatic hydroxyl groups is 1. The van der Waals surface area contributed by atoms with Crippen molar-refractivity contribution in [2.75, 3.05) is 29.6 Å². The molecule has 238 valence electrons. The Hall–Kier alpha value is -3.67. The number of halogens is 1. The fourth-order valence-electron chi connectivity index (χ4n) is 7.91. The van der Waals surface area contributed by atoms with Crippen LogP contribution in [0.25, 0.3) is 0 Å². The van der Waals surface area contributed by atoms with E-state index in [9.17, 15) is 19.5 Å². The first-order chi connectivity index (χ1) is 21.5. The number of likely N-dealkylation sites (tertiary alicyclic amines) is 1. The fourth-order valence-corrected chi connectivity index (χ4v) is 10.4. The zero-order chi connectivity index (χ0) is 32.1. The third-order valence-corrected chi connectivity index (χ3v) is 12.4. The van der Waals surface area contributed by atoms with Crippen LogP contribution in [0.3, 0.4) is 0 Å². The number of aliphatic hydroxyl groups excluding tert-OH is 1. The zero-order valence-electron chi connectivity index (χ0n) is 26.1. The molecule has 4 aliphatic heterocycles. The van der Waals surface area contributed by atoms with Crippen LogP contribution < -0.4 is 9.91 Å². The lowest BCUT2D eigenvalue weighted by atomic mass is 9.82. The molecular formula is C34H41FN4O5Si. The van der Waals surface area contributed by atoms with Crippen molar-refractivity contribution in [1.29, 1.82) is 0 Å². The van der Waals surface area contributed by atoms with Crippen LogP contribution in [0.2, 0.25) is 18.6 Å². The van der Waals surface area contributed by atoms with Gasteiger partial charge in [0.25, 0.3) is 5.91 Å². The van der Waals surface area contributed by atoms with E-state index >= 15 is 4.11 Å². The Bertz CT molecular complexity index is 1540. The van der Waals surface area contributed by atoms with E-state index in [2.05, 4.69) is 6.58 Å². The average molecular weight is 633 g/mol. The van der Waals surface area contributed by atoms with Crippen molar-refractivity contribution in [3.63, 3.8) is 0 Å². The van der Waals surface area contributed by atoms with Crippen LogP contribution in [-0.2, 0) is 24.7 Å². The van der Waals surface area contributed by atoms with Crippen molar-refractivity contribution < 1.29 is 28.3 Å². The van der Waals surface area contributed by atoms with E-state index in [1.54, 1.807) is 47.2 Å². The first-order valence-corrected chi connectivity index (χ1v) is 18.8. The van der Waals surface area contributed by atoms with Crippen molar-refractivity contribution in [2.45, 2.75) is 75.4 Å². The molecule has 4 heterocycles. The lowest BCUT2D eigenvalue weighted by molar-refractivity contribution is -0.149. The maximum absolute atomic E-state index is 16.3. The van der Waals surface area contributed by atoms with Crippen LogP contribution in [0, 0.1) is 5.92 Å². The number of fused-ring (bicyclic) bond motifs is 2. The van der Waals surface area contributed by atoms with Crippen LogP contribution >= 0.6 is 0 Å². The molecule has 2 aromatic rings. The molecular weight excluding hydrogens is 591 g/mol. The number of hydrazone groups is 1. The molecule has 1 spiro atoms. The van der Waals surface area contributed by atoms with Crippen LogP contribution in [0.4, 0.5) is 15.5 Å². The molecule has 0 radical (unpaired) electrons. The van der Waals surface area contributed by atoms with Crippen LogP contribution in [-0.4, -0.2) is 73.7 Å². The standard InChI is InChI=1S/C34H41FN4O5Si/c1-5-17-38-28-15-13-24(39-30(41)16-14-27(36-39)23-10-7-6-8-11-23)19-26(28)34(33(38)43)22(2)32(45(3,4)35)29(44-34)20-31(42)37-18-9-12-25(37)21-40/h5-8,10-11,13,15,19,22,25,29,32,40H,1,9,12,14,16-18,20-21H2,2-4H3/t22-,25+,29+,32-,34+/m1/s1. The summed E-state index contributed by atoms with van der Waals surface area (Å²) in [6, 6.07) is 14.8. The predicted octanol–water partition coefficient (Wildman–Crippen LogP) is 4.90. The Labute approximate surface area is 264 Å². The third kappa shape index (κ3) is 5.24. The highest BCUT2D eigenvalue weighted by Gasteiger charge is 2.67. The number of anilines is 2. The van der Waals surface area contributed by atoms with E-state index in [0.29, 0.717) is 29.9 Å². The highest BCUT2D eigenvalue weighted by molar-refractivity contribution is 6.72. The molecule has 45 heavy (non-hydrogen) atoms. The average Bonchev–Trinajstić information content (AvgIpc) is 3.68. The van der Waals surface area contributed by atoms with Crippen LogP contribution in [0.1, 0.15) is 50.2 Å². The molecule has 3 amide bonds. The quantitative estimate of drug-likeness (QED) is 0.254. The second kappa shape index (κ2) is 11.9. The molecule has 2 aromatic carbocycles. The number of hydrogen-bond acceptors (Lipinski definition) is 6. The molecule has 0 bridgehead atoms. The van der Waals surface area contributed by atoms with Crippen molar-refractivity contribution in [1.82, 2.24) is 4.90 Å². The Morgan fingerprint density at radius 2 is 1.96 bits per heavy atom. The molecule has 0 saturated carbocycles. The van der Waals surface area contributed by atoms with Gasteiger partial charge in [0.05, 0.1) is 42.3 Å². The molecule has 1 N–H and O–H groups in total. The van der Waals surface area contributed by atoms with Gasteiger partial charge in [0.1, 0.15) is 0 Å². The lowest BCUT2D eigenvalue weighted by Gasteiger charge is -2.31. The van der Waals surface area contributed by atoms with Gasteiger partial charge in [0, 0.05) is 43.0 Å². The van der Waals surface area contributed by atoms with Gasteiger partial charge in [-0.2, -0.15) is 5.10 Å². The van der Waals surface area contributed by atoms with Crippen molar-refractivity contribution in [2.24, 2.45) is 11.0 Å². The second-order valence-electron chi connectivity index (χ2n) is 13.1. The van der Waals surface area contributed by atoms with Gasteiger partial charge in [0.2, 0.25) is 20.2 Å². The summed E-state index contributed by atoms with van der Waals surface area (Å²) >= 11 is 0. The van der Waals surface area contributed by atoms with E-state index in [4.69, 9.17) is 9.84 Å². The van der Waals surface area contributed by atoms with Gasteiger partial charge in [-0.1, -0.05) is 43.3 Å². The van der Waals surface area contributed by atoms with E-state index in [-0.39, 0.29) is 49.8 Å². The maximum Gasteiger partial charge on any atom is 0.264 e. The molecule has 0 aliphatic carbocycles. The van der Waals surface area contributed by atoms with Gasteiger partial charge in [-0.25, -0.2) is 5.01 Å². The molecule has 5 atom stereocenters. The number of amides is 3. The van der Waals surface area contributed by atoms with E-state index < -0.39 is 31.6 Å². The fraction of sp³-hybridized carbons (Fsp3) is 0.471. The Balaban J connectivity index is 1.42. The van der Waals surface area contributed by atoms with Crippen molar-refractivity contribution in [3.05, 3.63) is 72.3 Å². The van der Waals surface area contributed by atoms with Crippen molar-refractivity contribution >= 4 is 43.2 Å². The molecule has 11 heteroatoms. The number of benzene rings is 2. The number of nitrogens with zero attached hydrogens (tertiary/aromatic N) is 4. The summed E-state index contributed by atoms with van der Waals surface area (Å²) in [6.45, 7) is 9.52. The normalized spacial score (nSPS) is 28.2. The van der Waals surface area contributed by atoms with Gasteiger partial charge in [0.15, 0.2) is 5.60 Å². The summed E-state index contributed by atoms with van der Waals surface area (Å²) in [5.74, 6) is -1.29. The topological polar surface area (TPSA) is 103 Å². The van der Waals surface area contributed by atoms with Crippen LogP contribution in [0.15, 0.2) is 66.3 Å². The van der Waals surface area contributed by atoms with Crippen LogP contribution in [0.5, 0.6) is 0 Å². The molecule has 6 rings (SSSR count). The summed E-state index contributed by atoms with van der Waals surface area (Å²) in [6.07, 6.45) is 3.04. The highest BCUT2D eigenvalue weighted by atomic mass is 28.4. The van der Waals surface area contributed by atoms with Crippen molar-refractivity contribution in [3.8, 4) is 0 Å². The largest absolute Gasteiger partial charge is 0.394 e. The number of carbonyl (C=O) groups is 3. The summed E-state index contributed by atoms with van der Waals surface area (Å²) in [5, 5.41) is 15.9. The molecule has 2 fully saturated rings. The lowest BCUT2D eigenvalue weighted by Crippen LogP contribution is -2.45. The minimum atomic E-state index is -3.49. The van der Waals surface area contributed by atoms with Gasteiger partial charge in [-0.05, 0) is 49.7 Å². The Morgan fingerprint density at radius 3 is 2.64 bits per heavy atom. The summed E-state index contributed by atoms with van der Waals surface area (Å²) in [5.41, 5.74) is 1.16. The number of rotatable bonds is 8. The van der Waals surface area contributed by atoms with Gasteiger partial charge >= 0.3 is 0 Å². The monoisotopic (exact) mass is 632 g/mol. The molecule has 0 unspecified atom stereocenters. The summed E-state index contributed by atoms with van der Waals surface area (Å²) < 4.78 is 23.0. The molecule has 4 aliphatic rings. The first kappa shape index (κ1) is 31.3. The minimum absolute atomic E-state index is 0.0767. The Morgan fingerprint density at radius 1 is 1.20 bits per heavy atom. The smallest absolute Gasteiger partial charge is 0.264 e. The SMILES string of the molecule is C=CCN1C(=O)[C@@]2(O[C@@H](CC(=O)N3CCC[C@H]3CO)[C@H]([Si](C)(C)F)[C@H]2C)c2cc(N3N=C(c4ccccc4)CCC3=O)ccc21. The third-order valence-electron chi connectivity index (χ3n) is 9.92. The van der Waals surface area contributed by atoms with Gasteiger partial charge in [-0.15, -0.1) is 6.58 Å². The Kier molecular flexibility index (Phi) is 8.30. The highest BCUT2D eigenvalue weighted by Crippen LogP contribution is 2.60. The predicted molar refractivity (Wildman–Crippen MR) is 173 cm³/mol. The zero-order valence-corrected chi connectivity index (χ0v) is 27.1. The molecule has 0 aromatic heterocycles. The maximum atomic E-state index is 16.3. The first-order valence-electron chi connectivity index (χ1n) is 15.8. The van der Waals surface area contributed by atoms with E-state index in [1.165, 1.54) is 5.01 Å². The summed E-state index contributed by atoms with van der Waals surface area (Å²) in [4.78, 5) is 44.5.